The Bertz CT molecular complexity index is 867. The largest absolute Gasteiger partial charge is 0.490 e. The van der Waals surface area contributed by atoms with Gasteiger partial charge in [0.2, 0.25) is 11.8 Å². The fraction of sp³-hybridized carbons (Fsp3) is 0.625. The molecule has 1 aliphatic carbocycles. The molecule has 3 aliphatic rings. The van der Waals surface area contributed by atoms with E-state index in [0.717, 1.165) is 32.1 Å². The third-order valence-electron chi connectivity index (χ3n) is 6.95. The molecular weight excluding hydrogens is 410 g/mol. The molecule has 0 bridgehead atoms. The molecule has 0 spiro atoms. The average molecular weight is 444 g/mol. The van der Waals surface area contributed by atoms with Gasteiger partial charge in [-0.2, -0.15) is 0 Å². The second-order valence-corrected chi connectivity index (χ2v) is 9.08. The minimum absolute atomic E-state index is 0.0279. The molecule has 2 N–H and O–H groups in total. The fourth-order valence-corrected chi connectivity index (χ4v) is 5.02. The van der Waals surface area contributed by atoms with E-state index in [4.69, 9.17) is 9.47 Å². The molecule has 8 nitrogen and oxygen atoms in total. The lowest BCUT2D eigenvalue weighted by Gasteiger charge is -2.42. The topological polar surface area (TPSA) is 97.0 Å². The third kappa shape index (κ3) is 4.90. The molecule has 3 amide bonds. The molecule has 1 saturated carbocycles. The normalized spacial score (nSPS) is 26.1. The first-order chi connectivity index (χ1) is 15.5. The van der Waals surface area contributed by atoms with E-state index >= 15 is 0 Å². The quantitative estimate of drug-likeness (QED) is 0.746. The number of hydrogen-bond donors (Lipinski definition) is 2. The van der Waals surface area contributed by atoms with Gasteiger partial charge in [-0.05, 0) is 43.9 Å². The fourth-order valence-electron chi connectivity index (χ4n) is 5.02. The number of carbonyl (C=O) groups is 3. The molecule has 0 radical (unpaired) electrons. The average Bonchev–Trinajstić information content (AvgIpc) is 2.82. The summed E-state index contributed by atoms with van der Waals surface area (Å²) in [4.78, 5) is 39.4. The van der Waals surface area contributed by atoms with E-state index in [1.165, 1.54) is 6.42 Å². The van der Waals surface area contributed by atoms with Gasteiger partial charge in [0.1, 0.15) is 18.5 Å². The van der Waals surface area contributed by atoms with Crippen LogP contribution in [0.15, 0.2) is 18.2 Å². The zero-order valence-corrected chi connectivity index (χ0v) is 18.9. The van der Waals surface area contributed by atoms with Crippen LogP contribution in [0.4, 0.5) is 5.69 Å². The van der Waals surface area contributed by atoms with E-state index < -0.39 is 0 Å². The lowest BCUT2D eigenvalue weighted by atomic mass is 9.88. The number of nitrogens with one attached hydrogen (secondary N) is 2. The van der Waals surface area contributed by atoms with Gasteiger partial charge in [0.25, 0.3) is 5.91 Å². The monoisotopic (exact) mass is 443 g/mol. The van der Waals surface area contributed by atoms with Crippen molar-refractivity contribution in [2.75, 3.05) is 26.0 Å². The van der Waals surface area contributed by atoms with Crippen LogP contribution in [0.3, 0.4) is 0 Å². The second kappa shape index (κ2) is 9.90. The second-order valence-electron chi connectivity index (χ2n) is 9.08. The van der Waals surface area contributed by atoms with Crippen LogP contribution >= 0.6 is 0 Å². The number of fused-ring (bicyclic) bond motifs is 2. The van der Waals surface area contributed by atoms with E-state index in [2.05, 4.69) is 10.6 Å². The van der Waals surface area contributed by atoms with E-state index in [9.17, 15) is 14.4 Å². The van der Waals surface area contributed by atoms with Crippen molar-refractivity contribution >= 4 is 23.4 Å². The van der Waals surface area contributed by atoms with Crippen molar-refractivity contribution in [3.63, 3.8) is 0 Å². The first-order valence-corrected chi connectivity index (χ1v) is 11.7. The molecule has 1 aromatic carbocycles. The maximum atomic E-state index is 13.3. The molecule has 1 saturated heterocycles. The third-order valence-corrected chi connectivity index (χ3v) is 6.95. The van der Waals surface area contributed by atoms with Crippen LogP contribution in [-0.2, 0) is 14.3 Å². The number of amides is 3. The molecule has 1 aromatic rings. The van der Waals surface area contributed by atoms with Crippen LogP contribution in [0, 0.1) is 5.92 Å². The summed E-state index contributed by atoms with van der Waals surface area (Å²) in [5.74, 6) is 0.339. The highest BCUT2D eigenvalue weighted by atomic mass is 16.5. The van der Waals surface area contributed by atoms with Crippen LogP contribution in [0.1, 0.15) is 61.7 Å². The Morgan fingerprint density at radius 1 is 1.12 bits per heavy atom. The summed E-state index contributed by atoms with van der Waals surface area (Å²) in [6.07, 6.45) is 6.49. The molecule has 8 heteroatoms. The van der Waals surface area contributed by atoms with Crippen molar-refractivity contribution in [2.24, 2.45) is 5.92 Å². The van der Waals surface area contributed by atoms with Gasteiger partial charge in [0, 0.05) is 25.7 Å². The number of ether oxygens (including phenoxy) is 2. The Morgan fingerprint density at radius 3 is 2.66 bits per heavy atom. The van der Waals surface area contributed by atoms with Crippen LogP contribution in [-0.4, -0.2) is 61.6 Å². The Morgan fingerprint density at radius 2 is 1.91 bits per heavy atom. The molecule has 2 aliphatic heterocycles. The molecule has 3 atom stereocenters. The van der Waals surface area contributed by atoms with E-state index in [0.29, 0.717) is 36.4 Å². The smallest absolute Gasteiger partial charge is 0.257 e. The maximum absolute atomic E-state index is 13.3. The van der Waals surface area contributed by atoms with Gasteiger partial charge in [0.15, 0.2) is 0 Å². The van der Waals surface area contributed by atoms with Gasteiger partial charge >= 0.3 is 0 Å². The number of benzene rings is 1. The highest BCUT2D eigenvalue weighted by Crippen LogP contribution is 2.33. The molecule has 2 heterocycles. The highest BCUT2D eigenvalue weighted by Gasteiger charge is 2.39. The van der Waals surface area contributed by atoms with E-state index in [1.807, 2.05) is 0 Å². The zero-order valence-electron chi connectivity index (χ0n) is 18.9. The van der Waals surface area contributed by atoms with E-state index in [1.54, 1.807) is 37.2 Å². The summed E-state index contributed by atoms with van der Waals surface area (Å²) in [6.45, 7) is 0.299. The Balaban J connectivity index is 1.48. The van der Waals surface area contributed by atoms with Crippen LogP contribution in [0.25, 0.3) is 0 Å². The molecule has 174 valence electrons. The summed E-state index contributed by atoms with van der Waals surface area (Å²) >= 11 is 0. The summed E-state index contributed by atoms with van der Waals surface area (Å²) in [5.41, 5.74) is 1.06. The molecule has 2 fully saturated rings. The Kier molecular flexibility index (Phi) is 6.98. The van der Waals surface area contributed by atoms with Gasteiger partial charge in [-0.25, -0.2) is 0 Å². The van der Waals surface area contributed by atoms with Gasteiger partial charge in [-0.15, -0.1) is 0 Å². The molecule has 0 unspecified atom stereocenters. The lowest BCUT2D eigenvalue weighted by molar-refractivity contribution is -0.133. The predicted octanol–water partition coefficient (Wildman–Crippen LogP) is 2.72. The van der Waals surface area contributed by atoms with Crippen LogP contribution < -0.4 is 15.4 Å². The summed E-state index contributed by atoms with van der Waals surface area (Å²) in [5, 5.41) is 5.62. The number of nitrogens with zero attached hydrogens (tertiary/aromatic N) is 1. The van der Waals surface area contributed by atoms with Crippen molar-refractivity contribution in [2.45, 2.75) is 69.6 Å². The van der Waals surface area contributed by atoms with Crippen LogP contribution in [0.5, 0.6) is 5.75 Å². The number of likely N-dealkylation sites (N-methyl/N-ethyl adjacent to an activating group) is 1. The highest BCUT2D eigenvalue weighted by molar-refractivity contribution is 6.00. The zero-order chi connectivity index (χ0) is 22.7. The van der Waals surface area contributed by atoms with Crippen LogP contribution in [0.2, 0.25) is 0 Å². The predicted molar refractivity (Wildman–Crippen MR) is 120 cm³/mol. The summed E-state index contributed by atoms with van der Waals surface area (Å²) in [6, 6.07) is 5.11. The van der Waals surface area contributed by atoms with Crippen molar-refractivity contribution in [1.29, 1.82) is 0 Å². The van der Waals surface area contributed by atoms with Crippen molar-refractivity contribution < 1.29 is 23.9 Å². The SMILES string of the molecule is CNC(=O)C[C@H]1CC[C@H]2[C@H](COc3ccc(NC(=O)C4CCCCC4)cc3C(=O)N2C)O1. The summed E-state index contributed by atoms with van der Waals surface area (Å²) in [7, 11) is 3.40. The molecule has 0 aromatic heterocycles. The van der Waals surface area contributed by atoms with Crippen molar-refractivity contribution in [3.05, 3.63) is 23.8 Å². The van der Waals surface area contributed by atoms with Gasteiger partial charge < -0.3 is 25.0 Å². The number of hydrogen-bond acceptors (Lipinski definition) is 5. The van der Waals surface area contributed by atoms with Gasteiger partial charge in [-0.1, -0.05) is 19.3 Å². The minimum Gasteiger partial charge on any atom is -0.490 e. The standard InChI is InChI=1S/C24H33N3O5/c1-25-22(28)13-17-9-10-19-21(32-17)14-31-20-11-8-16(12-18(20)24(30)27(19)2)26-23(29)15-6-4-3-5-7-15/h8,11-12,15,17,19,21H,3-7,9-10,13-14H2,1-2H3,(H,25,28)(H,26,29)/t17-,19+,21+/m1/s1. The van der Waals surface area contributed by atoms with Gasteiger partial charge in [0.05, 0.1) is 24.1 Å². The molecule has 4 rings (SSSR count). The van der Waals surface area contributed by atoms with E-state index in [-0.39, 0.29) is 41.9 Å². The molecular formula is C24H33N3O5. The van der Waals surface area contributed by atoms with Gasteiger partial charge in [-0.3, -0.25) is 14.4 Å². The first-order valence-electron chi connectivity index (χ1n) is 11.7. The Labute approximate surface area is 189 Å². The first kappa shape index (κ1) is 22.6. The summed E-state index contributed by atoms with van der Waals surface area (Å²) < 4.78 is 12.1. The number of anilines is 1. The van der Waals surface area contributed by atoms with Crippen molar-refractivity contribution in [1.82, 2.24) is 10.2 Å². The molecule has 32 heavy (non-hydrogen) atoms. The minimum atomic E-state index is -0.300. The maximum Gasteiger partial charge on any atom is 0.257 e. The Hall–Kier alpha value is -2.61. The number of rotatable bonds is 4. The lowest BCUT2D eigenvalue weighted by Crippen LogP contribution is -2.53. The van der Waals surface area contributed by atoms with Crippen molar-refractivity contribution in [3.8, 4) is 5.75 Å². The number of carbonyl (C=O) groups excluding carboxylic acids is 3.